The molecule has 3 rings (SSSR count). The molecule has 0 aliphatic carbocycles. The lowest BCUT2D eigenvalue weighted by Crippen LogP contribution is -2.38. The van der Waals surface area contributed by atoms with Crippen LogP contribution < -0.4 is 14.8 Å². The molecule has 0 fully saturated rings. The first-order valence-electron chi connectivity index (χ1n) is 7.71. The maximum atomic E-state index is 11.5. The number of rotatable bonds is 6. The van der Waals surface area contributed by atoms with Crippen LogP contribution in [0.15, 0.2) is 42.5 Å². The molecule has 6 heteroatoms. The lowest BCUT2D eigenvalue weighted by atomic mass is 10.1. The van der Waals surface area contributed by atoms with Crippen LogP contribution in [0.2, 0.25) is 5.02 Å². The van der Waals surface area contributed by atoms with Crippen LogP contribution in [0.3, 0.4) is 0 Å². The van der Waals surface area contributed by atoms with Gasteiger partial charge in [-0.15, -0.1) is 0 Å². The van der Waals surface area contributed by atoms with E-state index < -0.39 is 12.0 Å². The van der Waals surface area contributed by atoms with Gasteiger partial charge in [0, 0.05) is 11.6 Å². The van der Waals surface area contributed by atoms with E-state index in [9.17, 15) is 9.90 Å². The summed E-state index contributed by atoms with van der Waals surface area (Å²) in [4.78, 5) is 11.5. The Kier molecular flexibility index (Phi) is 5.23. The molecule has 1 atom stereocenters. The summed E-state index contributed by atoms with van der Waals surface area (Å²) in [6.07, 6.45) is 0.319. The maximum absolute atomic E-state index is 11.5. The molecule has 1 aliphatic heterocycles. The number of halogens is 1. The fraction of sp³-hybridized carbons (Fsp3) is 0.278. The van der Waals surface area contributed by atoms with Crippen molar-refractivity contribution in [3.05, 3.63) is 58.6 Å². The number of fused-ring (bicyclic) bond motifs is 1. The van der Waals surface area contributed by atoms with Gasteiger partial charge < -0.3 is 19.9 Å². The number of benzene rings is 2. The predicted octanol–water partition coefficient (Wildman–Crippen LogP) is 2.90. The molecule has 1 aliphatic rings. The largest absolute Gasteiger partial charge is 0.486 e. The van der Waals surface area contributed by atoms with Crippen molar-refractivity contribution in [1.29, 1.82) is 0 Å². The number of hydrogen-bond donors (Lipinski definition) is 2. The summed E-state index contributed by atoms with van der Waals surface area (Å²) in [5.41, 5.74) is 1.74. The van der Waals surface area contributed by atoms with Gasteiger partial charge >= 0.3 is 5.97 Å². The molecular weight excluding hydrogens is 330 g/mol. The maximum Gasteiger partial charge on any atom is 0.321 e. The second-order valence-corrected chi connectivity index (χ2v) is 5.95. The third-order valence-electron chi connectivity index (χ3n) is 3.84. The molecular formula is C18H18ClNO4. The Balaban J connectivity index is 1.66. The number of aliphatic carboxylic acids is 1. The third-order valence-corrected chi connectivity index (χ3v) is 4.21. The molecule has 0 bridgehead atoms. The summed E-state index contributed by atoms with van der Waals surface area (Å²) in [5, 5.41) is 13.1. The molecule has 0 aromatic heterocycles. The first kappa shape index (κ1) is 16.6. The standard InChI is InChI=1S/C18H18ClNO4/c19-14-4-2-1-3-13(14)10-15(18(21)22)20-11-12-5-6-16-17(9-12)24-8-7-23-16/h1-6,9,15,20H,7-8,10-11H2,(H,21,22). The zero-order valence-corrected chi connectivity index (χ0v) is 13.8. The van der Waals surface area contributed by atoms with E-state index in [-0.39, 0.29) is 0 Å². The summed E-state index contributed by atoms with van der Waals surface area (Å²) >= 11 is 6.12. The van der Waals surface area contributed by atoms with E-state index in [1.54, 1.807) is 6.07 Å². The molecule has 24 heavy (non-hydrogen) atoms. The molecule has 2 aromatic carbocycles. The summed E-state index contributed by atoms with van der Waals surface area (Å²) in [6.45, 7) is 1.48. The van der Waals surface area contributed by atoms with Gasteiger partial charge in [0.1, 0.15) is 19.3 Å². The highest BCUT2D eigenvalue weighted by molar-refractivity contribution is 6.31. The van der Waals surface area contributed by atoms with Crippen LogP contribution >= 0.6 is 11.6 Å². The summed E-state index contributed by atoms with van der Waals surface area (Å²) < 4.78 is 11.0. The number of hydrogen-bond acceptors (Lipinski definition) is 4. The molecule has 2 N–H and O–H groups in total. The molecule has 5 nitrogen and oxygen atoms in total. The van der Waals surface area contributed by atoms with Crippen LogP contribution in [0.25, 0.3) is 0 Å². The molecule has 0 radical (unpaired) electrons. The molecule has 2 aromatic rings. The number of ether oxygens (including phenoxy) is 2. The van der Waals surface area contributed by atoms with Gasteiger partial charge in [0.15, 0.2) is 11.5 Å². The Morgan fingerprint density at radius 3 is 2.67 bits per heavy atom. The van der Waals surface area contributed by atoms with Crippen molar-refractivity contribution < 1.29 is 19.4 Å². The third kappa shape index (κ3) is 3.99. The number of carboxylic acids is 1. The molecule has 0 saturated heterocycles. The van der Waals surface area contributed by atoms with Crippen molar-refractivity contribution in [2.24, 2.45) is 0 Å². The second-order valence-electron chi connectivity index (χ2n) is 5.55. The molecule has 126 valence electrons. The van der Waals surface area contributed by atoms with Crippen molar-refractivity contribution in [2.75, 3.05) is 13.2 Å². The highest BCUT2D eigenvalue weighted by Gasteiger charge is 2.19. The van der Waals surface area contributed by atoms with E-state index in [4.69, 9.17) is 21.1 Å². The van der Waals surface area contributed by atoms with Crippen molar-refractivity contribution in [1.82, 2.24) is 5.32 Å². The average Bonchev–Trinajstić information content (AvgIpc) is 2.59. The Morgan fingerprint density at radius 2 is 1.92 bits per heavy atom. The topological polar surface area (TPSA) is 67.8 Å². The van der Waals surface area contributed by atoms with Gasteiger partial charge in [0.2, 0.25) is 0 Å². The van der Waals surface area contributed by atoms with E-state index in [1.165, 1.54) is 0 Å². The fourth-order valence-electron chi connectivity index (χ4n) is 2.57. The van der Waals surface area contributed by atoms with Gasteiger partial charge in [0.25, 0.3) is 0 Å². The average molecular weight is 348 g/mol. The molecule has 0 amide bonds. The zero-order valence-electron chi connectivity index (χ0n) is 13.0. The van der Waals surface area contributed by atoms with Crippen molar-refractivity contribution >= 4 is 17.6 Å². The van der Waals surface area contributed by atoms with Crippen LogP contribution in [-0.2, 0) is 17.8 Å². The van der Waals surface area contributed by atoms with Gasteiger partial charge in [-0.1, -0.05) is 35.9 Å². The van der Waals surface area contributed by atoms with Gasteiger partial charge in [-0.25, -0.2) is 0 Å². The van der Waals surface area contributed by atoms with Gasteiger partial charge in [0.05, 0.1) is 0 Å². The van der Waals surface area contributed by atoms with E-state index in [2.05, 4.69) is 5.32 Å². The van der Waals surface area contributed by atoms with Gasteiger partial charge in [-0.2, -0.15) is 0 Å². The first-order valence-corrected chi connectivity index (χ1v) is 8.09. The normalized spacial score (nSPS) is 14.2. The van der Waals surface area contributed by atoms with Crippen LogP contribution in [0.1, 0.15) is 11.1 Å². The zero-order chi connectivity index (χ0) is 16.9. The Morgan fingerprint density at radius 1 is 1.17 bits per heavy atom. The number of carboxylic acid groups (broad SMARTS) is 1. The Hall–Kier alpha value is -2.24. The molecule has 1 unspecified atom stereocenters. The summed E-state index contributed by atoms with van der Waals surface area (Å²) in [7, 11) is 0. The van der Waals surface area contributed by atoms with Crippen molar-refractivity contribution in [2.45, 2.75) is 19.0 Å². The van der Waals surface area contributed by atoms with E-state index >= 15 is 0 Å². The minimum atomic E-state index is -0.910. The van der Waals surface area contributed by atoms with Crippen molar-refractivity contribution in [3.8, 4) is 11.5 Å². The summed E-state index contributed by atoms with van der Waals surface area (Å²) in [6, 6.07) is 12.2. The number of carbonyl (C=O) groups is 1. The fourth-order valence-corrected chi connectivity index (χ4v) is 2.78. The van der Waals surface area contributed by atoms with Crippen LogP contribution in [0.5, 0.6) is 11.5 Å². The smallest absolute Gasteiger partial charge is 0.321 e. The minimum Gasteiger partial charge on any atom is -0.486 e. The molecule has 1 heterocycles. The monoisotopic (exact) mass is 347 g/mol. The SMILES string of the molecule is O=C(O)C(Cc1ccccc1Cl)NCc1ccc2c(c1)OCCO2. The minimum absolute atomic E-state index is 0.319. The highest BCUT2D eigenvalue weighted by atomic mass is 35.5. The quantitative estimate of drug-likeness (QED) is 0.841. The van der Waals surface area contributed by atoms with Gasteiger partial charge in [-0.05, 0) is 35.7 Å². The number of nitrogens with one attached hydrogen (secondary N) is 1. The van der Waals surface area contributed by atoms with E-state index in [0.717, 1.165) is 16.9 Å². The highest BCUT2D eigenvalue weighted by Crippen LogP contribution is 2.30. The van der Waals surface area contributed by atoms with E-state index in [0.29, 0.717) is 37.0 Å². The Bertz CT molecular complexity index is 735. The first-order chi connectivity index (χ1) is 11.6. The van der Waals surface area contributed by atoms with Crippen molar-refractivity contribution in [3.63, 3.8) is 0 Å². The predicted molar refractivity (Wildman–Crippen MR) is 90.9 cm³/mol. The lowest BCUT2D eigenvalue weighted by molar-refractivity contribution is -0.139. The Labute approximate surface area is 145 Å². The molecule has 0 spiro atoms. The lowest BCUT2D eigenvalue weighted by Gasteiger charge is -2.20. The van der Waals surface area contributed by atoms with Crippen LogP contribution in [0, 0.1) is 0 Å². The molecule has 0 saturated carbocycles. The van der Waals surface area contributed by atoms with Crippen LogP contribution in [0.4, 0.5) is 0 Å². The summed E-state index contributed by atoms with van der Waals surface area (Å²) in [5.74, 6) is 0.502. The van der Waals surface area contributed by atoms with Gasteiger partial charge in [-0.3, -0.25) is 4.79 Å². The van der Waals surface area contributed by atoms with E-state index in [1.807, 2.05) is 36.4 Å². The second kappa shape index (κ2) is 7.55. The van der Waals surface area contributed by atoms with Crippen LogP contribution in [-0.4, -0.2) is 30.3 Å².